The summed E-state index contributed by atoms with van der Waals surface area (Å²) < 4.78 is 32.7. The lowest BCUT2D eigenvalue weighted by Crippen LogP contribution is -2.33. The van der Waals surface area contributed by atoms with E-state index in [0.717, 1.165) is 19.3 Å². The van der Waals surface area contributed by atoms with Crippen molar-refractivity contribution in [2.75, 3.05) is 13.7 Å². The number of nitrogens with one attached hydrogen (secondary N) is 1. The number of aliphatic hydroxyl groups is 1. The maximum atomic E-state index is 12.5. The monoisotopic (exact) mass is 315 g/mol. The van der Waals surface area contributed by atoms with Gasteiger partial charge in [-0.3, -0.25) is 0 Å². The van der Waals surface area contributed by atoms with Crippen molar-refractivity contribution < 1.29 is 18.3 Å². The quantitative estimate of drug-likeness (QED) is 0.731. The van der Waals surface area contributed by atoms with Crippen molar-refractivity contribution in [2.45, 2.75) is 50.5 Å². The Kier molecular flexibility index (Phi) is 7.14. The minimum Gasteiger partial charge on any atom is -0.497 e. The highest BCUT2D eigenvalue weighted by atomic mass is 32.2. The van der Waals surface area contributed by atoms with Gasteiger partial charge in [-0.05, 0) is 43.5 Å². The number of hydrogen-bond donors (Lipinski definition) is 2. The van der Waals surface area contributed by atoms with Crippen molar-refractivity contribution in [3.63, 3.8) is 0 Å². The Morgan fingerprint density at radius 1 is 1.38 bits per heavy atom. The predicted octanol–water partition coefficient (Wildman–Crippen LogP) is 2.09. The normalized spacial score (nSPS) is 13.1. The predicted molar refractivity (Wildman–Crippen MR) is 83.1 cm³/mol. The number of methoxy groups -OCH3 is 1. The van der Waals surface area contributed by atoms with Gasteiger partial charge in [-0.2, -0.15) is 0 Å². The third-order valence-corrected chi connectivity index (χ3v) is 4.98. The third kappa shape index (κ3) is 5.30. The van der Waals surface area contributed by atoms with E-state index < -0.39 is 10.0 Å². The summed E-state index contributed by atoms with van der Waals surface area (Å²) in [5.74, 6) is 0.580. The summed E-state index contributed by atoms with van der Waals surface area (Å²) >= 11 is 0. The summed E-state index contributed by atoms with van der Waals surface area (Å²) in [4.78, 5) is 0.209. The molecule has 0 aliphatic rings. The van der Waals surface area contributed by atoms with E-state index in [1.807, 2.05) is 6.92 Å². The van der Waals surface area contributed by atoms with Crippen LogP contribution in [0.2, 0.25) is 0 Å². The second kappa shape index (κ2) is 8.36. The first-order valence-corrected chi connectivity index (χ1v) is 8.73. The Labute approximate surface area is 127 Å². The molecule has 1 unspecified atom stereocenters. The van der Waals surface area contributed by atoms with Gasteiger partial charge in [0.2, 0.25) is 10.0 Å². The number of unbranched alkanes of at least 4 members (excludes halogenated alkanes) is 1. The summed E-state index contributed by atoms with van der Waals surface area (Å²) in [6, 6.07) is 4.69. The fourth-order valence-electron chi connectivity index (χ4n) is 2.16. The average molecular weight is 315 g/mol. The molecule has 0 bridgehead atoms. The van der Waals surface area contributed by atoms with Gasteiger partial charge < -0.3 is 9.84 Å². The second-order valence-electron chi connectivity index (χ2n) is 5.11. The fraction of sp³-hybridized carbons (Fsp3) is 0.600. The largest absolute Gasteiger partial charge is 0.497 e. The van der Waals surface area contributed by atoms with Crippen molar-refractivity contribution in [1.29, 1.82) is 0 Å². The topological polar surface area (TPSA) is 75.6 Å². The molecule has 2 N–H and O–H groups in total. The number of rotatable bonds is 9. The summed E-state index contributed by atoms with van der Waals surface area (Å²) in [7, 11) is -2.06. The van der Waals surface area contributed by atoms with Gasteiger partial charge >= 0.3 is 0 Å². The van der Waals surface area contributed by atoms with Crippen molar-refractivity contribution in [3.05, 3.63) is 23.8 Å². The summed E-state index contributed by atoms with van der Waals surface area (Å²) in [5, 5.41) is 9.12. The van der Waals surface area contributed by atoms with Crippen LogP contribution < -0.4 is 9.46 Å². The lowest BCUT2D eigenvalue weighted by molar-refractivity contribution is 0.298. The van der Waals surface area contributed by atoms with E-state index in [4.69, 9.17) is 9.84 Å². The van der Waals surface area contributed by atoms with Gasteiger partial charge in [0.1, 0.15) is 5.75 Å². The molecule has 0 amide bonds. The first-order chi connectivity index (χ1) is 9.94. The SMILES string of the molecule is CCCCC(C)NS(=O)(=O)c1ccc(OC)cc1CCO. The molecule has 6 heteroatoms. The lowest BCUT2D eigenvalue weighted by atomic mass is 10.1. The molecular formula is C15H25NO4S. The van der Waals surface area contributed by atoms with E-state index in [1.165, 1.54) is 13.2 Å². The van der Waals surface area contributed by atoms with E-state index in [-0.39, 0.29) is 24.0 Å². The van der Waals surface area contributed by atoms with Crippen molar-refractivity contribution in [2.24, 2.45) is 0 Å². The molecule has 0 spiro atoms. The number of ether oxygens (including phenoxy) is 1. The zero-order valence-corrected chi connectivity index (χ0v) is 13.7. The molecule has 0 fully saturated rings. The third-order valence-electron chi connectivity index (χ3n) is 3.29. The summed E-state index contributed by atoms with van der Waals surface area (Å²) in [6.07, 6.45) is 3.10. The van der Waals surface area contributed by atoms with Crippen LogP contribution in [-0.2, 0) is 16.4 Å². The van der Waals surface area contributed by atoms with Crippen molar-refractivity contribution in [1.82, 2.24) is 4.72 Å². The van der Waals surface area contributed by atoms with Crippen LogP contribution in [-0.4, -0.2) is 33.3 Å². The fourth-order valence-corrected chi connectivity index (χ4v) is 3.69. The number of aliphatic hydroxyl groups excluding tert-OH is 1. The maximum Gasteiger partial charge on any atom is 0.241 e. The Balaban J connectivity index is 3.01. The second-order valence-corrected chi connectivity index (χ2v) is 6.79. The van der Waals surface area contributed by atoms with Gasteiger partial charge in [0.25, 0.3) is 0 Å². The van der Waals surface area contributed by atoms with E-state index in [1.54, 1.807) is 12.1 Å². The first-order valence-electron chi connectivity index (χ1n) is 7.24. The number of sulfonamides is 1. The highest BCUT2D eigenvalue weighted by Gasteiger charge is 2.21. The van der Waals surface area contributed by atoms with Crippen LogP contribution in [0.4, 0.5) is 0 Å². The number of benzene rings is 1. The van der Waals surface area contributed by atoms with Crippen LogP contribution in [0.5, 0.6) is 5.75 Å². The van der Waals surface area contributed by atoms with Gasteiger partial charge in [-0.1, -0.05) is 19.8 Å². The van der Waals surface area contributed by atoms with Crippen LogP contribution >= 0.6 is 0 Å². The highest BCUT2D eigenvalue weighted by Crippen LogP contribution is 2.22. The van der Waals surface area contributed by atoms with Gasteiger partial charge in [0, 0.05) is 12.6 Å². The maximum absolute atomic E-state index is 12.5. The minimum absolute atomic E-state index is 0.110. The highest BCUT2D eigenvalue weighted by molar-refractivity contribution is 7.89. The van der Waals surface area contributed by atoms with E-state index >= 15 is 0 Å². The molecule has 0 saturated heterocycles. The summed E-state index contributed by atoms with van der Waals surface area (Å²) in [5.41, 5.74) is 0.562. The van der Waals surface area contributed by atoms with Crippen LogP contribution in [0.25, 0.3) is 0 Å². The van der Waals surface area contributed by atoms with Crippen LogP contribution in [0, 0.1) is 0 Å². The Morgan fingerprint density at radius 2 is 2.10 bits per heavy atom. The van der Waals surface area contributed by atoms with Gasteiger partial charge in [-0.25, -0.2) is 13.1 Å². The van der Waals surface area contributed by atoms with Crippen molar-refractivity contribution >= 4 is 10.0 Å². The van der Waals surface area contributed by atoms with Gasteiger partial charge in [0.15, 0.2) is 0 Å². The molecule has 120 valence electrons. The zero-order valence-electron chi connectivity index (χ0n) is 12.9. The molecule has 0 heterocycles. The molecule has 0 aliphatic heterocycles. The Morgan fingerprint density at radius 3 is 2.67 bits per heavy atom. The molecule has 1 aromatic carbocycles. The van der Waals surface area contributed by atoms with E-state index in [9.17, 15) is 8.42 Å². The van der Waals surface area contributed by atoms with Crippen molar-refractivity contribution in [3.8, 4) is 5.75 Å². The van der Waals surface area contributed by atoms with Crippen LogP contribution in [0.3, 0.4) is 0 Å². The van der Waals surface area contributed by atoms with E-state index in [0.29, 0.717) is 11.3 Å². The molecule has 0 aliphatic carbocycles. The average Bonchev–Trinajstić information content (AvgIpc) is 2.44. The van der Waals surface area contributed by atoms with Gasteiger partial charge in [0.05, 0.1) is 12.0 Å². The molecule has 1 aromatic rings. The Bertz CT molecular complexity index is 543. The standard InChI is InChI=1S/C15H25NO4S/c1-4-5-6-12(2)16-21(18,19)15-8-7-14(20-3)11-13(15)9-10-17/h7-8,11-12,16-17H,4-6,9-10H2,1-3H3. The zero-order chi connectivity index (χ0) is 15.9. The molecular weight excluding hydrogens is 290 g/mol. The molecule has 0 saturated carbocycles. The number of hydrogen-bond acceptors (Lipinski definition) is 4. The first kappa shape index (κ1) is 17.9. The Hall–Kier alpha value is -1.11. The molecule has 21 heavy (non-hydrogen) atoms. The van der Waals surface area contributed by atoms with Crippen LogP contribution in [0.15, 0.2) is 23.1 Å². The van der Waals surface area contributed by atoms with Gasteiger partial charge in [-0.15, -0.1) is 0 Å². The van der Waals surface area contributed by atoms with E-state index in [2.05, 4.69) is 11.6 Å². The van der Waals surface area contributed by atoms with Crippen LogP contribution in [0.1, 0.15) is 38.7 Å². The molecule has 5 nitrogen and oxygen atoms in total. The molecule has 1 atom stereocenters. The lowest BCUT2D eigenvalue weighted by Gasteiger charge is -2.16. The summed E-state index contributed by atoms with van der Waals surface area (Å²) in [6.45, 7) is 3.83. The molecule has 1 rings (SSSR count). The smallest absolute Gasteiger partial charge is 0.241 e. The minimum atomic E-state index is -3.58. The molecule has 0 radical (unpaired) electrons. The molecule has 0 aromatic heterocycles.